The Hall–Kier alpha value is -2.18. The molecule has 6 heteroatoms. The van der Waals surface area contributed by atoms with Gasteiger partial charge in [-0.15, -0.1) is 0 Å². The monoisotopic (exact) mass is 360 g/mol. The van der Waals surface area contributed by atoms with E-state index in [0.29, 0.717) is 12.1 Å². The van der Waals surface area contributed by atoms with Crippen LogP contribution in [-0.2, 0) is 14.8 Å². The molecule has 2 N–H and O–H groups in total. The van der Waals surface area contributed by atoms with Crippen molar-refractivity contribution >= 4 is 15.9 Å². The fraction of sp³-hybridized carbons (Fsp3) is 0.316. The predicted octanol–water partition coefficient (Wildman–Crippen LogP) is 2.93. The molecule has 2 rings (SSSR count). The highest BCUT2D eigenvalue weighted by molar-refractivity contribution is 7.89. The number of nitrogens with one attached hydrogen (secondary N) is 2. The Bertz CT molecular complexity index is 787. The van der Waals surface area contributed by atoms with Gasteiger partial charge in [0.1, 0.15) is 6.04 Å². The predicted molar refractivity (Wildman–Crippen MR) is 98.6 cm³/mol. The number of hydrogen-bond donors (Lipinski definition) is 2. The number of carbonyl (C=O) groups is 1. The standard InChI is InChI=1S/C19H24N2O3S/c1-3-4-14-20-19(22)18(16-8-6-5-7-9-16)21-25(23,24)17-12-10-15(2)11-13-17/h5-13,18,21H,3-4,14H2,1-2H3,(H,20,22)/t18-/m1/s1. The molecule has 0 aliphatic heterocycles. The van der Waals surface area contributed by atoms with Crippen LogP contribution in [0.3, 0.4) is 0 Å². The Morgan fingerprint density at radius 1 is 1.04 bits per heavy atom. The first-order valence-corrected chi connectivity index (χ1v) is 9.84. The lowest BCUT2D eigenvalue weighted by Crippen LogP contribution is -2.40. The van der Waals surface area contributed by atoms with Gasteiger partial charge in [0.25, 0.3) is 0 Å². The largest absolute Gasteiger partial charge is 0.354 e. The number of sulfonamides is 1. The number of benzene rings is 2. The maximum absolute atomic E-state index is 12.7. The van der Waals surface area contributed by atoms with Gasteiger partial charge in [-0.25, -0.2) is 8.42 Å². The smallest absolute Gasteiger partial charge is 0.242 e. The molecular weight excluding hydrogens is 336 g/mol. The molecular formula is C19H24N2O3S. The summed E-state index contributed by atoms with van der Waals surface area (Å²) in [6, 6.07) is 14.4. The van der Waals surface area contributed by atoms with Crippen LogP contribution in [0.25, 0.3) is 0 Å². The summed E-state index contributed by atoms with van der Waals surface area (Å²) in [6.45, 7) is 4.43. The van der Waals surface area contributed by atoms with E-state index in [2.05, 4.69) is 10.0 Å². The fourth-order valence-electron chi connectivity index (χ4n) is 2.35. The highest BCUT2D eigenvalue weighted by atomic mass is 32.2. The number of rotatable bonds is 8. The van der Waals surface area contributed by atoms with Crippen molar-refractivity contribution in [3.8, 4) is 0 Å². The van der Waals surface area contributed by atoms with Crippen LogP contribution in [0.2, 0.25) is 0 Å². The van der Waals surface area contributed by atoms with Crippen molar-refractivity contribution in [1.82, 2.24) is 10.0 Å². The third kappa shape index (κ3) is 5.41. The van der Waals surface area contributed by atoms with Gasteiger partial charge in [0.15, 0.2) is 0 Å². The molecule has 0 spiro atoms. The van der Waals surface area contributed by atoms with Crippen molar-refractivity contribution in [2.45, 2.75) is 37.6 Å². The van der Waals surface area contributed by atoms with Gasteiger partial charge in [-0.3, -0.25) is 4.79 Å². The zero-order chi connectivity index (χ0) is 18.3. The zero-order valence-corrected chi connectivity index (χ0v) is 15.3. The molecule has 2 aromatic rings. The third-order valence-electron chi connectivity index (χ3n) is 3.83. The molecule has 1 atom stereocenters. The summed E-state index contributed by atoms with van der Waals surface area (Å²) in [5.74, 6) is -0.352. The summed E-state index contributed by atoms with van der Waals surface area (Å²) in [5.41, 5.74) is 1.57. The summed E-state index contributed by atoms with van der Waals surface area (Å²) in [7, 11) is -3.81. The van der Waals surface area contributed by atoms with Gasteiger partial charge >= 0.3 is 0 Å². The molecule has 1 amide bonds. The van der Waals surface area contributed by atoms with Crippen LogP contribution in [0.1, 0.15) is 36.9 Å². The number of aryl methyl sites for hydroxylation is 1. The van der Waals surface area contributed by atoms with Gasteiger partial charge in [0.05, 0.1) is 4.90 Å². The van der Waals surface area contributed by atoms with Crippen molar-refractivity contribution in [2.75, 3.05) is 6.54 Å². The van der Waals surface area contributed by atoms with Crippen molar-refractivity contribution in [2.24, 2.45) is 0 Å². The summed E-state index contributed by atoms with van der Waals surface area (Å²) in [5, 5.41) is 2.80. The van der Waals surface area contributed by atoms with E-state index in [1.165, 1.54) is 12.1 Å². The molecule has 134 valence electrons. The average molecular weight is 360 g/mol. The Kier molecular flexibility index (Phi) is 6.73. The topological polar surface area (TPSA) is 75.3 Å². The van der Waals surface area contributed by atoms with Gasteiger partial charge in [-0.05, 0) is 31.0 Å². The van der Waals surface area contributed by atoms with E-state index >= 15 is 0 Å². The van der Waals surface area contributed by atoms with Gasteiger partial charge in [-0.2, -0.15) is 4.72 Å². The molecule has 0 radical (unpaired) electrons. The maximum atomic E-state index is 12.7. The molecule has 25 heavy (non-hydrogen) atoms. The van der Waals surface area contributed by atoms with Gasteiger partial charge < -0.3 is 5.32 Å². The highest BCUT2D eigenvalue weighted by Crippen LogP contribution is 2.18. The van der Waals surface area contributed by atoms with Crippen molar-refractivity contribution in [3.05, 3.63) is 65.7 Å². The average Bonchev–Trinajstić information content (AvgIpc) is 2.61. The van der Waals surface area contributed by atoms with Crippen molar-refractivity contribution in [3.63, 3.8) is 0 Å². The second-order valence-electron chi connectivity index (χ2n) is 5.92. The maximum Gasteiger partial charge on any atom is 0.242 e. The number of carbonyl (C=O) groups excluding carboxylic acids is 1. The van der Waals surface area contributed by atoms with Gasteiger partial charge in [-0.1, -0.05) is 61.4 Å². The molecule has 0 saturated heterocycles. The minimum absolute atomic E-state index is 0.139. The van der Waals surface area contributed by atoms with E-state index in [4.69, 9.17) is 0 Å². The second-order valence-corrected chi connectivity index (χ2v) is 7.64. The quantitative estimate of drug-likeness (QED) is 0.711. The van der Waals surface area contributed by atoms with Crippen LogP contribution in [0, 0.1) is 6.92 Å². The molecule has 0 saturated carbocycles. The van der Waals surface area contributed by atoms with E-state index in [1.807, 2.05) is 19.9 Å². The Morgan fingerprint density at radius 3 is 2.28 bits per heavy atom. The normalized spacial score (nSPS) is 12.6. The molecule has 0 unspecified atom stereocenters. The van der Waals surface area contributed by atoms with Crippen LogP contribution >= 0.6 is 0 Å². The molecule has 0 bridgehead atoms. The minimum Gasteiger partial charge on any atom is -0.354 e. The fourth-order valence-corrected chi connectivity index (χ4v) is 3.53. The van der Waals surface area contributed by atoms with Crippen LogP contribution < -0.4 is 10.0 Å². The van der Waals surface area contributed by atoms with Crippen LogP contribution in [0.4, 0.5) is 0 Å². The van der Waals surface area contributed by atoms with Gasteiger partial charge in [0.2, 0.25) is 15.9 Å². The third-order valence-corrected chi connectivity index (χ3v) is 5.27. The molecule has 0 aliphatic carbocycles. The van der Waals surface area contributed by atoms with Crippen LogP contribution in [0.5, 0.6) is 0 Å². The van der Waals surface area contributed by atoms with E-state index in [1.54, 1.807) is 36.4 Å². The lowest BCUT2D eigenvalue weighted by Gasteiger charge is -2.19. The Balaban J connectivity index is 2.26. The second kappa shape index (κ2) is 8.78. The Morgan fingerprint density at radius 2 is 1.68 bits per heavy atom. The number of amides is 1. The van der Waals surface area contributed by atoms with E-state index < -0.39 is 16.1 Å². The van der Waals surface area contributed by atoms with Crippen molar-refractivity contribution < 1.29 is 13.2 Å². The van der Waals surface area contributed by atoms with Crippen molar-refractivity contribution in [1.29, 1.82) is 0 Å². The highest BCUT2D eigenvalue weighted by Gasteiger charge is 2.26. The van der Waals surface area contributed by atoms with E-state index in [9.17, 15) is 13.2 Å². The SMILES string of the molecule is CCCCNC(=O)[C@H](NS(=O)(=O)c1ccc(C)cc1)c1ccccc1. The summed E-state index contributed by atoms with van der Waals surface area (Å²) in [6.07, 6.45) is 1.79. The molecule has 0 fully saturated rings. The summed E-state index contributed by atoms with van der Waals surface area (Å²) >= 11 is 0. The van der Waals surface area contributed by atoms with E-state index in [0.717, 1.165) is 18.4 Å². The zero-order valence-electron chi connectivity index (χ0n) is 14.5. The number of hydrogen-bond acceptors (Lipinski definition) is 3. The molecule has 0 aromatic heterocycles. The van der Waals surface area contributed by atoms with Gasteiger partial charge in [0, 0.05) is 6.54 Å². The molecule has 0 heterocycles. The Labute approximate surface area is 149 Å². The lowest BCUT2D eigenvalue weighted by molar-refractivity contribution is -0.122. The van der Waals surface area contributed by atoms with E-state index in [-0.39, 0.29) is 10.8 Å². The summed E-state index contributed by atoms with van der Waals surface area (Å²) < 4.78 is 27.9. The summed E-state index contributed by atoms with van der Waals surface area (Å²) in [4.78, 5) is 12.7. The first kappa shape index (κ1) is 19.1. The minimum atomic E-state index is -3.81. The molecule has 5 nitrogen and oxygen atoms in total. The first-order chi connectivity index (χ1) is 11.9. The number of unbranched alkanes of at least 4 members (excludes halogenated alkanes) is 1. The molecule has 0 aliphatic rings. The van der Waals surface area contributed by atoms with Crippen LogP contribution in [0.15, 0.2) is 59.5 Å². The first-order valence-electron chi connectivity index (χ1n) is 8.35. The molecule has 2 aromatic carbocycles. The lowest BCUT2D eigenvalue weighted by atomic mass is 10.1. The van der Waals surface area contributed by atoms with Crippen LogP contribution in [-0.4, -0.2) is 20.9 Å².